The second-order valence-corrected chi connectivity index (χ2v) is 6.78. The van der Waals surface area contributed by atoms with Crippen molar-refractivity contribution >= 4 is 57.5 Å². The number of aromatic nitrogens is 1. The normalized spacial score (nSPS) is 15.9. The van der Waals surface area contributed by atoms with Crippen LogP contribution in [0, 0.1) is 0 Å². The molecule has 0 bridgehead atoms. The zero-order valence-electron chi connectivity index (χ0n) is 12.5. The summed E-state index contributed by atoms with van der Waals surface area (Å²) in [5.41, 5.74) is 0.837. The number of halogens is 2. The van der Waals surface area contributed by atoms with Crippen molar-refractivity contribution in [3.63, 3.8) is 0 Å². The summed E-state index contributed by atoms with van der Waals surface area (Å²) in [5, 5.41) is 3.21. The third-order valence-electron chi connectivity index (χ3n) is 3.47. The Kier molecular flexibility index (Phi) is 4.17. The average Bonchev–Trinajstić information content (AvgIpc) is 3.31. The second-order valence-electron chi connectivity index (χ2n) is 5.06. The highest BCUT2D eigenvalue weighted by Gasteiger charge is 2.35. The fourth-order valence-corrected chi connectivity index (χ4v) is 3.51. The molecule has 0 atom stereocenters. The van der Waals surface area contributed by atoms with E-state index in [9.17, 15) is 4.79 Å². The van der Waals surface area contributed by atoms with Gasteiger partial charge in [0, 0.05) is 28.2 Å². The van der Waals surface area contributed by atoms with Crippen LogP contribution < -0.4 is 4.90 Å². The monoisotopic (exact) mass is 389 g/mol. The van der Waals surface area contributed by atoms with Crippen molar-refractivity contribution in [3.8, 4) is 0 Å². The van der Waals surface area contributed by atoms with Crippen LogP contribution in [-0.2, 0) is 4.79 Å². The third kappa shape index (κ3) is 3.00. The molecule has 3 aromatic rings. The van der Waals surface area contributed by atoms with Gasteiger partial charge >= 0.3 is 0 Å². The lowest BCUT2D eigenvalue weighted by atomic mass is 10.2. The number of anilines is 1. The topological polar surface area (TPSA) is 58.7 Å². The number of rotatable bonds is 3. The van der Waals surface area contributed by atoms with Crippen molar-refractivity contribution in [2.24, 2.45) is 4.99 Å². The average molecular weight is 390 g/mol. The van der Waals surface area contributed by atoms with Crippen LogP contribution in [0.15, 0.2) is 63.3 Å². The van der Waals surface area contributed by atoms with Crippen LogP contribution in [0.1, 0.15) is 11.3 Å². The van der Waals surface area contributed by atoms with Crippen LogP contribution in [-0.4, -0.2) is 16.7 Å². The van der Waals surface area contributed by atoms with Gasteiger partial charge in [-0.2, -0.15) is 0 Å². The van der Waals surface area contributed by atoms with Crippen molar-refractivity contribution in [1.82, 2.24) is 4.98 Å². The highest BCUT2D eigenvalue weighted by Crippen LogP contribution is 2.32. The Morgan fingerprint density at radius 1 is 1.24 bits per heavy atom. The Morgan fingerprint density at radius 2 is 2.12 bits per heavy atom. The van der Waals surface area contributed by atoms with E-state index in [-0.39, 0.29) is 11.6 Å². The van der Waals surface area contributed by atoms with Crippen molar-refractivity contribution in [1.29, 1.82) is 0 Å². The summed E-state index contributed by atoms with van der Waals surface area (Å²) >= 11 is 13.6. The molecule has 0 N–H and O–H groups in total. The summed E-state index contributed by atoms with van der Waals surface area (Å²) in [5.74, 6) is 0.640. The van der Waals surface area contributed by atoms with Gasteiger partial charge in [0.25, 0.3) is 5.91 Å². The van der Waals surface area contributed by atoms with Crippen LogP contribution in [0.25, 0.3) is 6.08 Å². The fourth-order valence-electron chi connectivity index (χ4n) is 2.38. The molecule has 1 aromatic carbocycles. The fraction of sp³-hybridized carbons (Fsp3) is 0. The zero-order valence-corrected chi connectivity index (χ0v) is 14.8. The number of furan rings is 1. The molecule has 1 aliphatic rings. The number of carbonyl (C=O) groups excluding carboxylic acids is 1. The molecule has 0 unspecified atom stereocenters. The van der Waals surface area contributed by atoms with Crippen molar-refractivity contribution < 1.29 is 9.21 Å². The van der Waals surface area contributed by atoms with Gasteiger partial charge in [-0.3, -0.25) is 4.79 Å². The molecule has 3 heterocycles. The molecule has 0 aliphatic carbocycles. The van der Waals surface area contributed by atoms with E-state index < -0.39 is 0 Å². The number of hydrogen-bond acceptors (Lipinski definition) is 5. The smallest absolute Gasteiger partial charge is 0.284 e. The number of thiazole rings is 1. The first-order valence-corrected chi connectivity index (χ1v) is 8.80. The molecule has 4 rings (SSSR count). The number of carbonyl (C=O) groups is 1. The molecule has 25 heavy (non-hydrogen) atoms. The standard InChI is InChI=1S/C17H9Cl2N3O2S/c18-10-3-4-12(13(19)8-10)15-21-14(9-11-2-1-6-24-11)16(23)22(15)17-20-5-7-25-17/h1-9H/b14-9+. The van der Waals surface area contributed by atoms with Gasteiger partial charge in [-0.15, -0.1) is 11.3 Å². The Morgan fingerprint density at radius 3 is 2.80 bits per heavy atom. The Balaban J connectivity index is 1.86. The largest absolute Gasteiger partial charge is 0.465 e. The van der Waals surface area contributed by atoms with Crippen LogP contribution in [0.4, 0.5) is 5.13 Å². The maximum Gasteiger partial charge on any atom is 0.284 e. The SMILES string of the molecule is O=C1/C(=C\c2ccco2)N=C(c2ccc(Cl)cc2Cl)N1c1nccs1. The molecule has 124 valence electrons. The summed E-state index contributed by atoms with van der Waals surface area (Å²) in [6.07, 6.45) is 4.74. The van der Waals surface area contributed by atoms with Gasteiger partial charge in [-0.25, -0.2) is 14.9 Å². The lowest BCUT2D eigenvalue weighted by Crippen LogP contribution is -2.32. The van der Waals surface area contributed by atoms with E-state index in [2.05, 4.69) is 9.98 Å². The molecule has 0 fully saturated rings. The Bertz CT molecular complexity index is 995. The van der Waals surface area contributed by atoms with Gasteiger partial charge in [0.15, 0.2) is 11.0 Å². The molecular formula is C17H9Cl2N3O2S. The number of benzene rings is 1. The quantitative estimate of drug-likeness (QED) is 0.599. The van der Waals surface area contributed by atoms with Gasteiger partial charge in [0.1, 0.15) is 11.5 Å². The molecule has 1 aliphatic heterocycles. The minimum atomic E-state index is -0.299. The first-order chi connectivity index (χ1) is 12.1. The molecule has 0 saturated heterocycles. The lowest BCUT2D eigenvalue weighted by Gasteiger charge is -2.15. The second kappa shape index (κ2) is 6.48. The summed E-state index contributed by atoms with van der Waals surface area (Å²) in [6, 6.07) is 8.53. The molecule has 0 spiro atoms. The summed E-state index contributed by atoms with van der Waals surface area (Å²) in [6.45, 7) is 0. The minimum absolute atomic E-state index is 0.242. The highest BCUT2D eigenvalue weighted by molar-refractivity contribution is 7.14. The first kappa shape index (κ1) is 16.1. The predicted octanol–water partition coefficient (Wildman–Crippen LogP) is 4.88. The number of hydrogen-bond donors (Lipinski definition) is 0. The van der Waals surface area contributed by atoms with Gasteiger partial charge in [-0.05, 0) is 30.3 Å². The van der Waals surface area contributed by atoms with Crippen LogP contribution >= 0.6 is 34.5 Å². The molecular weight excluding hydrogens is 381 g/mol. The van der Waals surface area contributed by atoms with Crippen LogP contribution in [0.5, 0.6) is 0 Å². The summed E-state index contributed by atoms with van der Waals surface area (Å²) in [7, 11) is 0. The number of amidine groups is 1. The molecule has 0 saturated carbocycles. The van der Waals surface area contributed by atoms with Crippen molar-refractivity contribution in [2.45, 2.75) is 0 Å². The van der Waals surface area contributed by atoms with E-state index >= 15 is 0 Å². The van der Waals surface area contributed by atoms with Gasteiger partial charge < -0.3 is 4.42 Å². The van der Waals surface area contributed by atoms with E-state index in [0.717, 1.165) is 0 Å². The molecule has 8 heteroatoms. The van der Waals surface area contributed by atoms with Crippen molar-refractivity contribution in [3.05, 3.63) is 75.2 Å². The molecule has 2 aromatic heterocycles. The minimum Gasteiger partial charge on any atom is -0.465 e. The molecule has 1 amide bonds. The number of aliphatic imine (C=N–C) groups is 1. The maximum absolute atomic E-state index is 12.9. The van der Waals surface area contributed by atoms with E-state index in [1.54, 1.807) is 48.0 Å². The van der Waals surface area contributed by atoms with E-state index in [1.165, 1.54) is 22.5 Å². The lowest BCUT2D eigenvalue weighted by molar-refractivity contribution is -0.113. The summed E-state index contributed by atoms with van der Waals surface area (Å²) < 4.78 is 5.28. The maximum atomic E-state index is 12.9. The van der Waals surface area contributed by atoms with Gasteiger partial charge in [0.2, 0.25) is 0 Å². The van der Waals surface area contributed by atoms with E-state index in [1.807, 2.05) is 0 Å². The number of nitrogens with zero attached hydrogens (tertiary/aromatic N) is 3. The summed E-state index contributed by atoms with van der Waals surface area (Å²) in [4.78, 5) is 23.0. The van der Waals surface area contributed by atoms with Crippen LogP contribution in [0.2, 0.25) is 10.0 Å². The highest BCUT2D eigenvalue weighted by atomic mass is 35.5. The Labute approximate surface area is 156 Å². The van der Waals surface area contributed by atoms with E-state index in [0.29, 0.717) is 32.3 Å². The predicted molar refractivity (Wildman–Crippen MR) is 99.3 cm³/mol. The zero-order chi connectivity index (χ0) is 17.4. The molecule has 5 nitrogen and oxygen atoms in total. The van der Waals surface area contributed by atoms with Crippen molar-refractivity contribution in [2.75, 3.05) is 4.90 Å². The Hall–Kier alpha value is -2.41. The van der Waals surface area contributed by atoms with E-state index in [4.69, 9.17) is 27.6 Å². The first-order valence-electron chi connectivity index (χ1n) is 7.17. The van der Waals surface area contributed by atoms with Crippen LogP contribution in [0.3, 0.4) is 0 Å². The molecule has 0 radical (unpaired) electrons. The van der Waals surface area contributed by atoms with Gasteiger partial charge in [-0.1, -0.05) is 23.2 Å². The number of amides is 1. The van der Waals surface area contributed by atoms with Gasteiger partial charge in [0.05, 0.1) is 11.3 Å². The third-order valence-corrected chi connectivity index (χ3v) is 4.77.